The van der Waals surface area contributed by atoms with Crippen LogP contribution in [0, 0.1) is 0 Å². The van der Waals surface area contributed by atoms with Crippen LogP contribution in [0.3, 0.4) is 0 Å². The molecule has 1 nitrogen and oxygen atoms in total. The minimum Gasteiger partial charge on any atom is -0.350 e. The van der Waals surface area contributed by atoms with Crippen molar-refractivity contribution in [3.8, 4) is 0 Å². The van der Waals surface area contributed by atoms with Gasteiger partial charge in [0.1, 0.15) is 0 Å². The summed E-state index contributed by atoms with van der Waals surface area (Å²) in [6.45, 7) is 1.92. The third-order valence-electron chi connectivity index (χ3n) is 2.29. The molecule has 2 rings (SSSR count). The van der Waals surface area contributed by atoms with Crippen LogP contribution in [0.15, 0.2) is 24.3 Å². The second-order valence-electron chi connectivity index (χ2n) is 3.54. The third kappa shape index (κ3) is 2.07. The summed E-state index contributed by atoms with van der Waals surface area (Å²) < 4.78 is 0. The molecule has 0 bridgehead atoms. The fourth-order valence-corrected chi connectivity index (χ4v) is 1.66. The Morgan fingerprint density at radius 2 is 2.08 bits per heavy atom. The number of para-hydroxylation sites is 1. The van der Waals surface area contributed by atoms with Gasteiger partial charge >= 0.3 is 0 Å². The Bertz CT molecular complexity index is 329. The van der Waals surface area contributed by atoms with Crippen LogP contribution in [0.4, 0.5) is 5.69 Å². The summed E-state index contributed by atoms with van der Waals surface area (Å²) >= 11 is 5.03. The normalized spacial score (nSPS) is 15.5. The maximum absolute atomic E-state index is 5.03. The molecule has 0 atom stereocenters. The van der Waals surface area contributed by atoms with Gasteiger partial charge in [0.05, 0.1) is 4.99 Å². The standard InChI is InChI=1S/C11H13NS/c1-8(13)12-11-5-3-2-4-10(11)9-6-7-9/h2-5,9H,6-7H2,1H3,(H,12,13). The zero-order valence-electron chi connectivity index (χ0n) is 7.71. The van der Waals surface area contributed by atoms with Crippen LogP contribution in [0.1, 0.15) is 31.2 Å². The monoisotopic (exact) mass is 191 g/mol. The van der Waals surface area contributed by atoms with E-state index in [1.165, 1.54) is 24.1 Å². The Morgan fingerprint density at radius 3 is 2.69 bits per heavy atom. The highest BCUT2D eigenvalue weighted by molar-refractivity contribution is 7.80. The molecule has 1 N–H and O–H groups in total. The van der Waals surface area contributed by atoms with Gasteiger partial charge in [-0.05, 0) is 37.3 Å². The van der Waals surface area contributed by atoms with E-state index >= 15 is 0 Å². The molecule has 0 heterocycles. The van der Waals surface area contributed by atoms with Crippen molar-refractivity contribution in [3.63, 3.8) is 0 Å². The summed E-state index contributed by atoms with van der Waals surface area (Å²) in [5, 5.41) is 3.23. The van der Waals surface area contributed by atoms with Gasteiger partial charge in [0, 0.05) is 5.69 Å². The van der Waals surface area contributed by atoms with Gasteiger partial charge in [-0.1, -0.05) is 30.4 Å². The van der Waals surface area contributed by atoms with E-state index in [-0.39, 0.29) is 0 Å². The zero-order chi connectivity index (χ0) is 9.26. The lowest BCUT2D eigenvalue weighted by Gasteiger charge is -2.09. The average Bonchev–Trinajstić information content (AvgIpc) is 2.87. The number of nitrogens with one attached hydrogen (secondary N) is 1. The lowest BCUT2D eigenvalue weighted by molar-refractivity contribution is 1.13. The van der Waals surface area contributed by atoms with Crippen LogP contribution in [-0.4, -0.2) is 4.99 Å². The van der Waals surface area contributed by atoms with Crippen molar-refractivity contribution in [1.29, 1.82) is 0 Å². The SMILES string of the molecule is CC(=S)Nc1ccccc1C1CC1. The number of hydrogen-bond donors (Lipinski definition) is 1. The van der Waals surface area contributed by atoms with Crippen LogP contribution in [0.2, 0.25) is 0 Å². The van der Waals surface area contributed by atoms with Crippen LogP contribution >= 0.6 is 12.2 Å². The maximum atomic E-state index is 5.03. The molecule has 0 spiro atoms. The fourth-order valence-electron chi connectivity index (χ4n) is 1.55. The molecule has 13 heavy (non-hydrogen) atoms. The summed E-state index contributed by atoms with van der Waals surface area (Å²) in [7, 11) is 0. The average molecular weight is 191 g/mol. The summed E-state index contributed by atoms with van der Waals surface area (Å²) in [5.41, 5.74) is 2.62. The topological polar surface area (TPSA) is 12.0 Å². The lowest BCUT2D eigenvalue weighted by Crippen LogP contribution is -2.05. The van der Waals surface area contributed by atoms with Gasteiger partial charge < -0.3 is 5.32 Å². The molecule has 1 aliphatic carbocycles. The van der Waals surface area contributed by atoms with E-state index in [0.717, 1.165) is 10.9 Å². The number of hydrogen-bond acceptors (Lipinski definition) is 1. The molecule has 68 valence electrons. The molecular formula is C11H13NS. The van der Waals surface area contributed by atoms with E-state index in [9.17, 15) is 0 Å². The van der Waals surface area contributed by atoms with Crippen molar-refractivity contribution in [2.45, 2.75) is 25.7 Å². The molecule has 1 saturated carbocycles. The second-order valence-corrected chi connectivity index (χ2v) is 4.16. The van der Waals surface area contributed by atoms with E-state index in [4.69, 9.17) is 12.2 Å². The van der Waals surface area contributed by atoms with Gasteiger partial charge in [-0.2, -0.15) is 0 Å². The number of benzene rings is 1. The highest BCUT2D eigenvalue weighted by atomic mass is 32.1. The molecule has 0 radical (unpaired) electrons. The van der Waals surface area contributed by atoms with E-state index in [1.54, 1.807) is 0 Å². The quantitative estimate of drug-likeness (QED) is 0.720. The maximum Gasteiger partial charge on any atom is 0.0765 e. The molecule has 0 saturated heterocycles. The van der Waals surface area contributed by atoms with Crippen molar-refractivity contribution in [1.82, 2.24) is 0 Å². The van der Waals surface area contributed by atoms with Crippen molar-refractivity contribution < 1.29 is 0 Å². The molecule has 2 heteroatoms. The smallest absolute Gasteiger partial charge is 0.0765 e. The summed E-state index contributed by atoms with van der Waals surface area (Å²) in [6, 6.07) is 8.44. The second kappa shape index (κ2) is 3.46. The molecule has 1 aliphatic rings. The van der Waals surface area contributed by atoms with Crippen LogP contribution < -0.4 is 5.32 Å². The summed E-state index contributed by atoms with van der Waals surface area (Å²) in [6.07, 6.45) is 2.66. The minimum atomic E-state index is 0.776. The van der Waals surface area contributed by atoms with Crippen molar-refractivity contribution in [2.24, 2.45) is 0 Å². The van der Waals surface area contributed by atoms with Crippen LogP contribution in [0.5, 0.6) is 0 Å². The number of rotatable bonds is 2. The summed E-state index contributed by atoms with van der Waals surface area (Å²) in [5.74, 6) is 0.776. The first-order chi connectivity index (χ1) is 6.27. The minimum absolute atomic E-state index is 0.776. The molecule has 0 unspecified atom stereocenters. The first-order valence-corrected chi connectivity index (χ1v) is 5.04. The van der Waals surface area contributed by atoms with Gasteiger partial charge in [0.2, 0.25) is 0 Å². The molecule has 0 amide bonds. The zero-order valence-corrected chi connectivity index (χ0v) is 8.53. The molecule has 0 aliphatic heterocycles. The van der Waals surface area contributed by atoms with Crippen molar-refractivity contribution in [2.75, 3.05) is 5.32 Å². The predicted molar refractivity (Wildman–Crippen MR) is 60.3 cm³/mol. The molecular weight excluding hydrogens is 178 g/mol. The Labute approximate surface area is 84.2 Å². The van der Waals surface area contributed by atoms with E-state index in [2.05, 4.69) is 23.5 Å². The Hall–Kier alpha value is -0.890. The lowest BCUT2D eigenvalue weighted by atomic mass is 10.1. The van der Waals surface area contributed by atoms with Crippen molar-refractivity contribution >= 4 is 22.9 Å². The van der Waals surface area contributed by atoms with Gasteiger partial charge in [-0.25, -0.2) is 0 Å². The largest absolute Gasteiger partial charge is 0.350 e. The molecule has 1 aromatic rings. The first-order valence-electron chi connectivity index (χ1n) is 4.64. The van der Waals surface area contributed by atoms with Gasteiger partial charge in [-0.15, -0.1) is 0 Å². The van der Waals surface area contributed by atoms with Gasteiger partial charge in [0.25, 0.3) is 0 Å². The van der Waals surface area contributed by atoms with E-state index < -0.39 is 0 Å². The molecule has 1 aromatic carbocycles. The highest BCUT2D eigenvalue weighted by Gasteiger charge is 2.25. The van der Waals surface area contributed by atoms with Gasteiger partial charge in [-0.3, -0.25) is 0 Å². The number of anilines is 1. The van der Waals surface area contributed by atoms with E-state index in [0.29, 0.717) is 0 Å². The fraction of sp³-hybridized carbons (Fsp3) is 0.364. The molecule has 0 aromatic heterocycles. The van der Waals surface area contributed by atoms with E-state index in [1.807, 2.05) is 13.0 Å². The number of thiocarbonyl (C=S) groups is 1. The van der Waals surface area contributed by atoms with Crippen molar-refractivity contribution in [3.05, 3.63) is 29.8 Å². The summed E-state index contributed by atoms with van der Waals surface area (Å²) in [4.78, 5) is 0.841. The van der Waals surface area contributed by atoms with Gasteiger partial charge in [0.15, 0.2) is 0 Å². The highest BCUT2D eigenvalue weighted by Crippen LogP contribution is 2.43. The first kappa shape index (κ1) is 8.70. The van der Waals surface area contributed by atoms with Crippen LogP contribution in [-0.2, 0) is 0 Å². The third-order valence-corrected chi connectivity index (χ3v) is 2.39. The van der Waals surface area contributed by atoms with Crippen LogP contribution in [0.25, 0.3) is 0 Å². The molecule has 1 fully saturated rings. The Balaban J connectivity index is 2.26. The Kier molecular flexibility index (Phi) is 2.32. The Morgan fingerprint density at radius 1 is 1.38 bits per heavy atom. The predicted octanol–water partition coefficient (Wildman–Crippen LogP) is 3.32.